The summed E-state index contributed by atoms with van der Waals surface area (Å²) in [5.74, 6) is -0.263. The smallest absolute Gasteiger partial charge is 0.245 e. The number of benzene rings is 2. The van der Waals surface area contributed by atoms with Gasteiger partial charge < -0.3 is 19.3 Å². The number of nitrogens with zero attached hydrogens (tertiary/aromatic N) is 9. The first-order valence-electron chi connectivity index (χ1n) is 17.7. The van der Waals surface area contributed by atoms with Gasteiger partial charge in [-0.25, -0.2) is 28.4 Å². The molecule has 0 saturated carbocycles. The van der Waals surface area contributed by atoms with Crippen molar-refractivity contribution in [2.45, 2.75) is 31.4 Å². The molecule has 2 atom stereocenters. The summed E-state index contributed by atoms with van der Waals surface area (Å²) in [4.78, 5) is 35.0. The summed E-state index contributed by atoms with van der Waals surface area (Å²) in [6, 6.07) is 16.9. The highest BCUT2D eigenvalue weighted by Gasteiger charge is 2.42. The standard InChI is InChI=1S/C38H37F2N9O3/c39-26-9-10-33(31(40)19-26)49-37-30(22-44-49)36(42-24-43-37)47-23-29-20-34(47)38(50)46(13-12-45-14-16-51-17-15-45)11-3-5-27-21-41-35-8-2-7-32(48(27)35)25-4-1-6-28(18-25)52-29/h1-2,4,6-10,18-19,21-22,24,29,34H,3,5,11-17,20,23H2/t29-,34-/m0/s1. The quantitative estimate of drug-likeness (QED) is 0.256. The number of imidazole rings is 1. The molecule has 52 heavy (non-hydrogen) atoms. The van der Waals surface area contributed by atoms with Gasteiger partial charge in [0.15, 0.2) is 11.5 Å². The second-order valence-corrected chi connectivity index (χ2v) is 13.5. The van der Waals surface area contributed by atoms with Gasteiger partial charge in [-0.05, 0) is 49.2 Å². The maximum Gasteiger partial charge on any atom is 0.245 e. The van der Waals surface area contributed by atoms with Gasteiger partial charge in [0.25, 0.3) is 0 Å². The molecule has 1 amide bonds. The van der Waals surface area contributed by atoms with Crippen LogP contribution in [0.5, 0.6) is 5.75 Å². The van der Waals surface area contributed by atoms with Crippen molar-refractivity contribution in [2.24, 2.45) is 0 Å². The molecule has 4 bridgehead atoms. The Labute approximate surface area is 298 Å². The molecule has 9 rings (SSSR count). The van der Waals surface area contributed by atoms with Crippen LogP contribution in [0.1, 0.15) is 18.5 Å². The number of aryl methyl sites for hydroxylation is 1. The van der Waals surface area contributed by atoms with Crippen molar-refractivity contribution in [3.63, 3.8) is 0 Å². The summed E-state index contributed by atoms with van der Waals surface area (Å²) in [6.45, 7) is 5.25. The zero-order valence-electron chi connectivity index (χ0n) is 28.4. The molecule has 14 heteroatoms. The molecule has 0 unspecified atom stereocenters. The molecule has 12 nitrogen and oxygen atoms in total. The lowest BCUT2D eigenvalue weighted by Gasteiger charge is -2.33. The highest BCUT2D eigenvalue weighted by molar-refractivity contribution is 5.92. The lowest BCUT2D eigenvalue weighted by molar-refractivity contribution is -0.133. The number of hydrogen-bond donors (Lipinski definition) is 0. The Morgan fingerprint density at radius 1 is 0.904 bits per heavy atom. The third-order valence-corrected chi connectivity index (χ3v) is 10.3. The molecule has 2 aromatic carbocycles. The van der Waals surface area contributed by atoms with Crippen molar-refractivity contribution in [3.05, 3.63) is 96.7 Å². The number of halogens is 2. The maximum absolute atomic E-state index is 14.9. The Morgan fingerprint density at radius 3 is 2.67 bits per heavy atom. The molecule has 2 saturated heterocycles. The predicted octanol–water partition coefficient (Wildman–Crippen LogP) is 4.54. The van der Waals surface area contributed by atoms with E-state index in [2.05, 4.69) is 36.5 Å². The average Bonchev–Trinajstić information content (AvgIpc) is 3.90. The van der Waals surface area contributed by atoms with Crippen LogP contribution in [0.2, 0.25) is 0 Å². The summed E-state index contributed by atoms with van der Waals surface area (Å²) in [5, 5.41) is 4.98. The van der Waals surface area contributed by atoms with Crippen molar-refractivity contribution < 1.29 is 23.0 Å². The van der Waals surface area contributed by atoms with E-state index in [-0.39, 0.29) is 17.7 Å². The Kier molecular flexibility index (Phi) is 8.47. The van der Waals surface area contributed by atoms with E-state index in [1.165, 1.54) is 23.1 Å². The third kappa shape index (κ3) is 6.01. The number of anilines is 1. The molecule has 3 aliphatic rings. The molecule has 0 radical (unpaired) electrons. The van der Waals surface area contributed by atoms with Gasteiger partial charge in [-0.1, -0.05) is 18.2 Å². The highest BCUT2D eigenvalue weighted by Crippen LogP contribution is 2.35. The minimum Gasteiger partial charge on any atom is -0.488 e. The molecule has 0 aliphatic carbocycles. The number of carbonyl (C=O) groups excluding carboxylic acids is 1. The summed E-state index contributed by atoms with van der Waals surface area (Å²) in [7, 11) is 0. The first-order valence-corrected chi connectivity index (χ1v) is 17.7. The van der Waals surface area contributed by atoms with E-state index in [0.29, 0.717) is 61.9 Å². The topological polar surface area (TPSA) is 106 Å². The first-order chi connectivity index (χ1) is 25.5. The van der Waals surface area contributed by atoms with Crippen LogP contribution >= 0.6 is 0 Å². The van der Waals surface area contributed by atoms with E-state index >= 15 is 0 Å². The summed E-state index contributed by atoms with van der Waals surface area (Å²) >= 11 is 0. The number of morpholine rings is 1. The zero-order chi connectivity index (χ0) is 35.2. The van der Waals surface area contributed by atoms with Crippen molar-refractivity contribution in [2.75, 3.05) is 57.4 Å². The molecule has 3 aliphatic heterocycles. The third-order valence-electron chi connectivity index (χ3n) is 10.3. The Morgan fingerprint density at radius 2 is 1.79 bits per heavy atom. The Balaban J connectivity index is 1.11. The Bertz CT molecular complexity index is 2270. The van der Waals surface area contributed by atoms with Crippen LogP contribution in [-0.4, -0.2) is 109 Å². The van der Waals surface area contributed by atoms with Gasteiger partial charge in [0.2, 0.25) is 5.91 Å². The van der Waals surface area contributed by atoms with Crippen LogP contribution in [0.4, 0.5) is 14.6 Å². The molecule has 4 aromatic heterocycles. The fourth-order valence-electron chi connectivity index (χ4n) is 7.74. The number of aromatic nitrogens is 6. The van der Waals surface area contributed by atoms with E-state index in [1.54, 1.807) is 6.20 Å². The molecule has 6 aromatic rings. The van der Waals surface area contributed by atoms with Gasteiger partial charge in [-0.2, -0.15) is 5.10 Å². The Hall–Kier alpha value is -5.47. The number of pyridine rings is 1. The largest absolute Gasteiger partial charge is 0.488 e. The molecular formula is C38H37F2N9O3. The molecule has 2 fully saturated rings. The van der Waals surface area contributed by atoms with Gasteiger partial charge in [0, 0.05) is 62.7 Å². The molecule has 7 heterocycles. The molecule has 0 spiro atoms. The number of hydrogen-bond acceptors (Lipinski definition) is 9. The van der Waals surface area contributed by atoms with Crippen LogP contribution in [0.15, 0.2) is 79.4 Å². The number of fused-ring (bicyclic) bond motifs is 6. The number of amides is 1. The van der Waals surface area contributed by atoms with Gasteiger partial charge in [0.05, 0.1) is 37.0 Å². The van der Waals surface area contributed by atoms with Gasteiger partial charge in [0.1, 0.15) is 47.2 Å². The summed E-state index contributed by atoms with van der Waals surface area (Å²) < 4.78 is 44.5. The second-order valence-electron chi connectivity index (χ2n) is 13.5. The predicted molar refractivity (Wildman–Crippen MR) is 190 cm³/mol. The normalized spacial score (nSPS) is 19.9. The lowest BCUT2D eigenvalue weighted by Crippen LogP contribution is -2.49. The van der Waals surface area contributed by atoms with Crippen LogP contribution in [0.3, 0.4) is 0 Å². The van der Waals surface area contributed by atoms with Crippen LogP contribution in [-0.2, 0) is 16.0 Å². The molecule has 266 valence electrons. The van der Waals surface area contributed by atoms with Crippen LogP contribution in [0.25, 0.3) is 33.6 Å². The SMILES string of the molecule is O=C1[C@@H]2C[C@@H](CN2c2ncnc3c2cnn3-c2ccc(F)cc2F)Oc2cccc(c2)-c2cccc3ncc(n23)CCCN1CCN1CCOCC1. The average molecular weight is 706 g/mol. The number of rotatable bonds is 5. The van der Waals surface area contributed by atoms with E-state index in [9.17, 15) is 13.6 Å². The van der Waals surface area contributed by atoms with Gasteiger partial charge in [-0.15, -0.1) is 0 Å². The van der Waals surface area contributed by atoms with Crippen molar-refractivity contribution in [1.29, 1.82) is 0 Å². The van der Waals surface area contributed by atoms with Crippen molar-refractivity contribution in [1.82, 2.24) is 38.9 Å². The summed E-state index contributed by atoms with van der Waals surface area (Å²) in [5.41, 5.74) is 4.38. The number of ether oxygens (including phenoxy) is 2. The monoisotopic (exact) mass is 705 g/mol. The van der Waals surface area contributed by atoms with E-state index in [0.717, 1.165) is 61.1 Å². The minimum atomic E-state index is -0.765. The minimum absolute atomic E-state index is 0.00875. The first kappa shape index (κ1) is 32.4. The van der Waals surface area contributed by atoms with Crippen LogP contribution < -0.4 is 9.64 Å². The van der Waals surface area contributed by atoms with Crippen LogP contribution in [0, 0.1) is 11.6 Å². The van der Waals surface area contributed by atoms with Gasteiger partial charge in [-0.3, -0.25) is 14.1 Å². The lowest BCUT2D eigenvalue weighted by atomic mass is 10.1. The maximum atomic E-state index is 14.9. The summed E-state index contributed by atoms with van der Waals surface area (Å²) in [6.07, 6.45) is 6.46. The zero-order valence-corrected chi connectivity index (χ0v) is 28.4. The second kappa shape index (κ2) is 13.6. The van der Waals surface area contributed by atoms with Crippen molar-refractivity contribution >= 4 is 28.4 Å². The number of carbonyl (C=O) groups is 1. The highest BCUT2D eigenvalue weighted by atomic mass is 19.1. The fraction of sp³-hybridized carbons (Fsp3) is 0.342. The molecule has 0 N–H and O–H groups in total. The van der Waals surface area contributed by atoms with E-state index in [4.69, 9.17) is 14.5 Å². The fourth-order valence-corrected chi connectivity index (χ4v) is 7.74. The van der Waals surface area contributed by atoms with E-state index < -0.39 is 17.7 Å². The van der Waals surface area contributed by atoms with Crippen molar-refractivity contribution in [3.8, 4) is 22.7 Å². The molecular weight excluding hydrogens is 668 g/mol. The van der Waals surface area contributed by atoms with Gasteiger partial charge >= 0.3 is 0 Å². The van der Waals surface area contributed by atoms with E-state index in [1.807, 2.05) is 46.3 Å².